The number of hydrogen-bond donors (Lipinski definition) is 2. The van der Waals surface area contributed by atoms with Gasteiger partial charge in [-0.2, -0.15) is 0 Å². The second-order valence-electron chi connectivity index (χ2n) is 4.09. The normalized spacial score (nSPS) is 10.1. The van der Waals surface area contributed by atoms with Gasteiger partial charge in [-0.15, -0.1) is 0 Å². The summed E-state index contributed by atoms with van der Waals surface area (Å²) in [6.45, 7) is 4.85. The van der Waals surface area contributed by atoms with Crippen LogP contribution in [0.25, 0.3) is 0 Å². The first-order valence-corrected chi connectivity index (χ1v) is 6.32. The average Bonchev–Trinajstić information content (AvgIpc) is 2.36. The zero-order valence-corrected chi connectivity index (χ0v) is 12.1. The predicted octanol–water partition coefficient (Wildman–Crippen LogP) is 2.24. The third-order valence-corrected chi connectivity index (χ3v) is 3.07. The Balaban J connectivity index is 2.35. The minimum atomic E-state index is -0.292. The maximum Gasteiger partial charge on any atom is 0.317 e. The topological polar surface area (TPSA) is 59.6 Å². The van der Waals surface area contributed by atoms with Crippen LogP contribution in [0.3, 0.4) is 0 Å². The fourth-order valence-electron chi connectivity index (χ4n) is 1.50. The zero-order valence-electron chi connectivity index (χ0n) is 11.4. The van der Waals surface area contributed by atoms with E-state index in [9.17, 15) is 4.79 Å². The van der Waals surface area contributed by atoms with Crippen LogP contribution in [0, 0.1) is 13.8 Å². The summed E-state index contributed by atoms with van der Waals surface area (Å²) in [5.41, 5.74) is 1.89. The minimum absolute atomic E-state index is 0.0966. The molecule has 1 aromatic carbocycles. The molecule has 0 heterocycles. The summed E-state index contributed by atoms with van der Waals surface area (Å²) in [5, 5.41) is 5.94. The van der Waals surface area contributed by atoms with Gasteiger partial charge in [-0.1, -0.05) is 11.6 Å². The van der Waals surface area contributed by atoms with Gasteiger partial charge in [-0.25, -0.2) is 4.79 Å². The quantitative estimate of drug-likeness (QED) is 0.623. The number of rotatable bonds is 6. The number of amides is 2. The van der Waals surface area contributed by atoms with E-state index in [-0.39, 0.29) is 12.8 Å². The first kappa shape index (κ1) is 15.6. The van der Waals surface area contributed by atoms with E-state index >= 15 is 0 Å². The van der Waals surface area contributed by atoms with Crippen LogP contribution in [0.4, 0.5) is 4.79 Å². The molecule has 2 N–H and O–H groups in total. The number of hydrogen-bond acceptors (Lipinski definition) is 3. The molecule has 0 aliphatic carbocycles. The molecule has 1 aromatic rings. The molecule has 0 aromatic heterocycles. The molecule has 6 heteroatoms. The fraction of sp³-hybridized carbons (Fsp3) is 0.462. The summed E-state index contributed by atoms with van der Waals surface area (Å²) >= 11 is 6.06. The van der Waals surface area contributed by atoms with Crippen molar-refractivity contribution < 1.29 is 14.3 Å². The van der Waals surface area contributed by atoms with E-state index in [1.165, 1.54) is 0 Å². The molecule has 0 aliphatic rings. The summed E-state index contributed by atoms with van der Waals surface area (Å²) in [7, 11) is 1.58. The number of halogens is 1. The van der Waals surface area contributed by atoms with Crippen LogP contribution < -0.4 is 15.4 Å². The standard InChI is InChI=1S/C13H19ClN2O3/c1-9-6-11(7-10(2)12(9)14)19-8-16-13(17)15-4-5-18-3/h6-7H,4-5,8H2,1-3H3,(H2,15,16,17). The maximum absolute atomic E-state index is 11.3. The highest BCUT2D eigenvalue weighted by molar-refractivity contribution is 6.32. The van der Waals surface area contributed by atoms with Gasteiger partial charge in [-0.05, 0) is 37.1 Å². The number of carbonyl (C=O) groups is 1. The van der Waals surface area contributed by atoms with Crippen molar-refractivity contribution in [2.75, 3.05) is 27.0 Å². The molecule has 1 rings (SSSR count). The number of aryl methyl sites for hydroxylation is 2. The highest BCUT2D eigenvalue weighted by Gasteiger charge is 2.04. The van der Waals surface area contributed by atoms with Gasteiger partial charge in [0.05, 0.1) is 6.61 Å². The van der Waals surface area contributed by atoms with Crippen LogP contribution in [-0.4, -0.2) is 33.0 Å². The number of carbonyl (C=O) groups excluding carboxylic acids is 1. The Morgan fingerprint density at radius 1 is 1.26 bits per heavy atom. The van der Waals surface area contributed by atoms with E-state index in [1.807, 2.05) is 26.0 Å². The van der Waals surface area contributed by atoms with Gasteiger partial charge in [0.2, 0.25) is 0 Å². The summed E-state index contributed by atoms with van der Waals surface area (Å²) in [6.07, 6.45) is 0. The third kappa shape index (κ3) is 5.36. The molecule has 0 radical (unpaired) electrons. The average molecular weight is 287 g/mol. The summed E-state index contributed by atoms with van der Waals surface area (Å²) in [6, 6.07) is 3.37. The van der Waals surface area contributed by atoms with Crippen molar-refractivity contribution in [1.29, 1.82) is 0 Å². The number of urea groups is 1. The third-order valence-electron chi connectivity index (χ3n) is 2.47. The fourth-order valence-corrected chi connectivity index (χ4v) is 1.61. The van der Waals surface area contributed by atoms with Crippen LogP contribution in [0.15, 0.2) is 12.1 Å². The first-order valence-electron chi connectivity index (χ1n) is 5.94. The van der Waals surface area contributed by atoms with E-state index in [0.717, 1.165) is 16.1 Å². The molecular formula is C13H19ClN2O3. The van der Waals surface area contributed by atoms with Crippen molar-refractivity contribution in [1.82, 2.24) is 10.6 Å². The van der Waals surface area contributed by atoms with E-state index in [1.54, 1.807) is 7.11 Å². The minimum Gasteiger partial charge on any atom is -0.473 e. The zero-order chi connectivity index (χ0) is 14.3. The van der Waals surface area contributed by atoms with Gasteiger partial charge in [0.15, 0.2) is 6.73 Å². The van der Waals surface area contributed by atoms with Crippen LogP contribution in [0.1, 0.15) is 11.1 Å². The maximum atomic E-state index is 11.3. The molecule has 0 atom stereocenters. The lowest BCUT2D eigenvalue weighted by atomic mass is 10.1. The lowest BCUT2D eigenvalue weighted by molar-refractivity contribution is 0.192. The predicted molar refractivity (Wildman–Crippen MR) is 74.8 cm³/mol. The molecule has 0 saturated carbocycles. The first-order chi connectivity index (χ1) is 9.04. The molecule has 5 nitrogen and oxygen atoms in total. The van der Waals surface area contributed by atoms with Gasteiger partial charge >= 0.3 is 6.03 Å². The molecule has 0 bridgehead atoms. The molecule has 19 heavy (non-hydrogen) atoms. The van der Waals surface area contributed by atoms with Crippen LogP contribution in [0.5, 0.6) is 5.75 Å². The van der Waals surface area contributed by atoms with Gasteiger partial charge in [0.25, 0.3) is 0 Å². The second-order valence-corrected chi connectivity index (χ2v) is 4.46. The van der Waals surface area contributed by atoms with Crippen LogP contribution in [0.2, 0.25) is 5.02 Å². The number of methoxy groups -OCH3 is 1. The van der Waals surface area contributed by atoms with Gasteiger partial charge in [0, 0.05) is 18.7 Å². The van der Waals surface area contributed by atoms with Gasteiger partial charge in [0.1, 0.15) is 5.75 Å². The van der Waals surface area contributed by atoms with Crippen molar-refractivity contribution >= 4 is 17.6 Å². The van der Waals surface area contributed by atoms with Crippen molar-refractivity contribution in [3.8, 4) is 5.75 Å². The molecule has 106 valence electrons. The summed E-state index contributed by atoms with van der Waals surface area (Å²) < 4.78 is 10.3. The van der Waals surface area contributed by atoms with Crippen LogP contribution in [-0.2, 0) is 4.74 Å². The van der Waals surface area contributed by atoms with Crippen molar-refractivity contribution in [3.63, 3.8) is 0 Å². The summed E-state index contributed by atoms with van der Waals surface area (Å²) in [5.74, 6) is 0.677. The lowest BCUT2D eigenvalue weighted by Gasteiger charge is -2.11. The molecule has 2 amide bonds. The van der Waals surface area contributed by atoms with Crippen LogP contribution >= 0.6 is 11.6 Å². The Morgan fingerprint density at radius 2 is 1.89 bits per heavy atom. The second kappa shape index (κ2) is 7.86. The Labute approximate surface area is 118 Å². The molecule has 0 aliphatic heterocycles. The molecule has 0 fully saturated rings. The Morgan fingerprint density at radius 3 is 2.47 bits per heavy atom. The van der Waals surface area contributed by atoms with E-state index < -0.39 is 0 Å². The van der Waals surface area contributed by atoms with Gasteiger partial charge in [-0.3, -0.25) is 0 Å². The number of ether oxygens (including phenoxy) is 2. The monoisotopic (exact) mass is 286 g/mol. The van der Waals surface area contributed by atoms with E-state index in [0.29, 0.717) is 18.9 Å². The molecule has 0 spiro atoms. The highest BCUT2D eigenvalue weighted by Crippen LogP contribution is 2.25. The molecule has 0 unspecified atom stereocenters. The Bertz CT molecular complexity index is 415. The molecular weight excluding hydrogens is 268 g/mol. The highest BCUT2D eigenvalue weighted by atomic mass is 35.5. The number of benzene rings is 1. The van der Waals surface area contributed by atoms with E-state index in [4.69, 9.17) is 21.1 Å². The van der Waals surface area contributed by atoms with Gasteiger partial charge < -0.3 is 20.1 Å². The Hall–Kier alpha value is -1.46. The number of nitrogens with one attached hydrogen (secondary N) is 2. The van der Waals surface area contributed by atoms with Crippen molar-refractivity contribution in [3.05, 3.63) is 28.3 Å². The molecule has 0 saturated heterocycles. The SMILES string of the molecule is COCCNC(=O)NCOc1cc(C)c(Cl)c(C)c1. The summed E-state index contributed by atoms with van der Waals surface area (Å²) in [4.78, 5) is 11.3. The Kier molecular flexibility index (Phi) is 6.45. The lowest BCUT2D eigenvalue weighted by Crippen LogP contribution is -2.39. The smallest absolute Gasteiger partial charge is 0.317 e. The van der Waals surface area contributed by atoms with Crippen molar-refractivity contribution in [2.24, 2.45) is 0 Å². The largest absolute Gasteiger partial charge is 0.473 e. The van der Waals surface area contributed by atoms with E-state index in [2.05, 4.69) is 10.6 Å². The van der Waals surface area contributed by atoms with Crippen molar-refractivity contribution in [2.45, 2.75) is 13.8 Å².